The first-order chi connectivity index (χ1) is 10.1. The number of H-pyrrole nitrogens is 1. The van der Waals surface area contributed by atoms with Gasteiger partial charge in [-0.3, -0.25) is 0 Å². The second kappa shape index (κ2) is 5.32. The Morgan fingerprint density at radius 3 is 2.76 bits per heavy atom. The number of aromatic carboxylic acids is 1. The molecule has 0 aliphatic heterocycles. The molecule has 0 bridgehead atoms. The molecule has 0 saturated heterocycles. The van der Waals surface area contributed by atoms with E-state index in [0.29, 0.717) is 12.4 Å². The van der Waals surface area contributed by atoms with Gasteiger partial charge < -0.3 is 14.8 Å². The number of nitrogens with one attached hydrogen (secondary N) is 1. The molecule has 4 nitrogen and oxygen atoms in total. The van der Waals surface area contributed by atoms with Gasteiger partial charge >= 0.3 is 5.97 Å². The summed E-state index contributed by atoms with van der Waals surface area (Å²) >= 11 is 0. The minimum Gasteiger partial charge on any atom is -0.488 e. The van der Waals surface area contributed by atoms with Crippen LogP contribution in [0.3, 0.4) is 0 Å². The number of benzene rings is 2. The molecule has 0 spiro atoms. The average Bonchev–Trinajstić information content (AvgIpc) is 2.90. The van der Waals surface area contributed by atoms with E-state index in [1.165, 1.54) is 5.56 Å². The Morgan fingerprint density at radius 2 is 2.00 bits per heavy atom. The van der Waals surface area contributed by atoms with Crippen molar-refractivity contribution < 1.29 is 14.6 Å². The third-order valence-corrected chi connectivity index (χ3v) is 3.33. The fraction of sp³-hybridized carbons (Fsp3) is 0.118. The molecular formula is C17H15NO3. The zero-order valence-electron chi connectivity index (χ0n) is 11.6. The number of carboxylic acids is 1. The predicted octanol–water partition coefficient (Wildman–Crippen LogP) is 3.75. The molecule has 2 aromatic carbocycles. The first-order valence-corrected chi connectivity index (χ1v) is 6.67. The standard InChI is InChI=1S/C17H15NO3/c1-11-4-2-5-12(8-11)10-21-16-7-3-6-14-13(16)9-15(18-14)17(19)20/h2-9,18H,10H2,1H3,(H,19,20). The highest BCUT2D eigenvalue weighted by Gasteiger charge is 2.10. The number of aromatic nitrogens is 1. The fourth-order valence-electron chi connectivity index (χ4n) is 2.33. The summed E-state index contributed by atoms with van der Waals surface area (Å²) < 4.78 is 5.84. The summed E-state index contributed by atoms with van der Waals surface area (Å²) in [6, 6.07) is 15.2. The van der Waals surface area contributed by atoms with E-state index in [2.05, 4.69) is 11.1 Å². The van der Waals surface area contributed by atoms with Crippen LogP contribution in [0.2, 0.25) is 0 Å². The van der Waals surface area contributed by atoms with Gasteiger partial charge in [-0.15, -0.1) is 0 Å². The largest absolute Gasteiger partial charge is 0.488 e. The second-order valence-electron chi connectivity index (χ2n) is 4.98. The van der Waals surface area contributed by atoms with Crippen molar-refractivity contribution >= 4 is 16.9 Å². The topological polar surface area (TPSA) is 62.3 Å². The van der Waals surface area contributed by atoms with E-state index in [1.807, 2.05) is 43.3 Å². The van der Waals surface area contributed by atoms with Gasteiger partial charge in [-0.1, -0.05) is 35.9 Å². The van der Waals surface area contributed by atoms with E-state index in [1.54, 1.807) is 6.07 Å². The van der Waals surface area contributed by atoms with E-state index in [-0.39, 0.29) is 5.69 Å². The molecule has 0 atom stereocenters. The summed E-state index contributed by atoms with van der Waals surface area (Å²) in [6.07, 6.45) is 0. The summed E-state index contributed by atoms with van der Waals surface area (Å²) in [7, 11) is 0. The maximum absolute atomic E-state index is 11.0. The van der Waals surface area contributed by atoms with Crippen molar-refractivity contribution in [2.45, 2.75) is 13.5 Å². The monoisotopic (exact) mass is 281 g/mol. The lowest BCUT2D eigenvalue weighted by Gasteiger charge is -2.08. The number of fused-ring (bicyclic) bond motifs is 1. The van der Waals surface area contributed by atoms with Crippen LogP contribution in [0.5, 0.6) is 5.75 Å². The Labute approximate surface area is 122 Å². The molecular weight excluding hydrogens is 266 g/mol. The number of aromatic amines is 1. The van der Waals surface area contributed by atoms with Crippen molar-refractivity contribution in [2.24, 2.45) is 0 Å². The highest BCUT2D eigenvalue weighted by molar-refractivity contribution is 5.96. The van der Waals surface area contributed by atoms with Crippen molar-refractivity contribution in [3.8, 4) is 5.75 Å². The SMILES string of the molecule is Cc1cccc(COc2cccc3[nH]c(C(=O)O)cc23)c1. The average molecular weight is 281 g/mol. The number of hydrogen-bond acceptors (Lipinski definition) is 2. The molecule has 0 saturated carbocycles. The first-order valence-electron chi connectivity index (χ1n) is 6.67. The second-order valence-corrected chi connectivity index (χ2v) is 4.98. The van der Waals surface area contributed by atoms with E-state index in [4.69, 9.17) is 9.84 Å². The normalized spacial score (nSPS) is 10.7. The van der Waals surface area contributed by atoms with Crippen molar-refractivity contribution in [1.29, 1.82) is 0 Å². The lowest BCUT2D eigenvalue weighted by Crippen LogP contribution is -1.96. The zero-order chi connectivity index (χ0) is 14.8. The Morgan fingerprint density at radius 1 is 1.19 bits per heavy atom. The summed E-state index contributed by atoms with van der Waals surface area (Å²) in [5, 5.41) is 9.82. The molecule has 106 valence electrons. The smallest absolute Gasteiger partial charge is 0.352 e. The molecule has 1 aromatic heterocycles. The number of ether oxygens (including phenoxy) is 1. The summed E-state index contributed by atoms with van der Waals surface area (Å²) in [6.45, 7) is 2.49. The highest BCUT2D eigenvalue weighted by Crippen LogP contribution is 2.27. The van der Waals surface area contributed by atoms with Crippen LogP contribution in [-0.4, -0.2) is 16.1 Å². The first kappa shape index (κ1) is 13.2. The molecule has 0 aliphatic rings. The van der Waals surface area contributed by atoms with Crippen molar-refractivity contribution in [3.63, 3.8) is 0 Å². The maximum atomic E-state index is 11.0. The van der Waals surface area contributed by atoms with Gasteiger partial charge in [-0.25, -0.2) is 4.79 Å². The molecule has 3 rings (SSSR count). The molecule has 0 fully saturated rings. The summed E-state index contributed by atoms with van der Waals surface area (Å²) in [4.78, 5) is 13.9. The number of carboxylic acid groups (broad SMARTS) is 1. The van der Waals surface area contributed by atoms with Crippen LogP contribution in [0.1, 0.15) is 21.6 Å². The molecule has 0 aliphatic carbocycles. The van der Waals surface area contributed by atoms with Gasteiger partial charge in [-0.2, -0.15) is 0 Å². The molecule has 0 amide bonds. The predicted molar refractivity (Wildman–Crippen MR) is 80.8 cm³/mol. The minimum atomic E-state index is -0.976. The van der Waals surface area contributed by atoms with Crippen LogP contribution in [-0.2, 0) is 6.61 Å². The lowest BCUT2D eigenvalue weighted by atomic mass is 10.1. The quantitative estimate of drug-likeness (QED) is 0.765. The Hall–Kier alpha value is -2.75. The molecule has 21 heavy (non-hydrogen) atoms. The lowest BCUT2D eigenvalue weighted by molar-refractivity contribution is 0.0691. The van der Waals surface area contributed by atoms with Crippen molar-refractivity contribution in [3.05, 3.63) is 65.4 Å². The van der Waals surface area contributed by atoms with Gasteiger partial charge in [0.15, 0.2) is 0 Å². The minimum absolute atomic E-state index is 0.164. The summed E-state index contributed by atoms with van der Waals surface area (Å²) in [5.74, 6) is -0.298. The maximum Gasteiger partial charge on any atom is 0.352 e. The van der Waals surface area contributed by atoms with Crippen molar-refractivity contribution in [1.82, 2.24) is 4.98 Å². The molecule has 2 N–H and O–H groups in total. The van der Waals surface area contributed by atoms with Crippen molar-refractivity contribution in [2.75, 3.05) is 0 Å². The number of hydrogen-bond donors (Lipinski definition) is 2. The van der Waals surface area contributed by atoms with Gasteiger partial charge in [-0.05, 0) is 30.7 Å². The Balaban J connectivity index is 1.88. The third-order valence-electron chi connectivity index (χ3n) is 3.33. The van der Waals surface area contributed by atoms with Gasteiger partial charge in [0.25, 0.3) is 0 Å². The van der Waals surface area contributed by atoms with E-state index in [0.717, 1.165) is 16.5 Å². The van der Waals surface area contributed by atoms with Gasteiger partial charge in [0.1, 0.15) is 18.1 Å². The van der Waals surface area contributed by atoms with Crippen LogP contribution >= 0.6 is 0 Å². The number of carbonyl (C=O) groups is 1. The van der Waals surface area contributed by atoms with E-state index >= 15 is 0 Å². The molecule has 1 heterocycles. The van der Waals surface area contributed by atoms with Crippen LogP contribution in [0.25, 0.3) is 10.9 Å². The van der Waals surface area contributed by atoms with Gasteiger partial charge in [0.05, 0.1) is 0 Å². The Bertz CT molecular complexity index is 805. The molecule has 0 unspecified atom stereocenters. The highest BCUT2D eigenvalue weighted by atomic mass is 16.5. The number of aryl methyl sites for hydroxylation is 1. The van der Waals surface area contributed by atoms with Gasteiger partial charge in [0.2, 0.25) is 0 Å². The number of rotatable bonds is 4. The van der Waals surface area contributed by atoms with Gasteiger partial charge in [0, 0.05) is 10.9 Å². The summed E-state index contributed by atoms with van der Waals surface area (Å²) in [5.41, 5.74) is 3.19. The van der Waals surface area contributed by atoms with Crippen LogP contribution in [0.4, 0.5) is 0 Å². The van der Waals surface area contributed by atoms with Crippen LogP contribution in [0.15, 0.2) is 48.5 Å². The van der Waals surface area contributed by atoms with E-state index < -0.39 is 5.97 Å². The zero-order valence-corrected chi connectivity index (χ0v) is 11.6. The molecule has 4 heteroatoms. The molecule has 0 radical (unpaired) electrons. The molecule has 3 aromatic rings. The van der Waals surface area contributed by atoms with Crippen LogP contribution in [0, 0.1) is 6.92 Å². The fourth-order valence-corrected chi connectivity index (χ4v) is 2.33. The Kier molecular flexibility index (Phi) is 3.36. The third kappa shape index (κ3) is 2.74. The van der Waals surface area contributed by atoms with E-state index in [9.17, 15) is 4.79 Å². The van der Waals surface area contributed by atoms with Crippen LogP contribution < -0.4 is 4.74 Å².